The van der Waals surface area contributed by atoms with Gasteiger partial charge in [0.1, 0.15) is 0 Å². The molecule has 0 radical (unpaired) electrons. The summed E-state index contributed by atoms with van der Waals surface area (Å²) in [4.78, 5) is 14.1. The van der Waals surface area contributed by atoms with Crippen LogP contribution in [0.25, 0.3) is 0 Å². The lowest BCUT2D eigenvalue weighted by atomic mass is 9.84. The molecule has 3 N–H and O–H groups in total. The molecule has 1 amide bonds. The average molecular weight is 272 g/mol. The van der Waals surface area contributed by atoms with Gasteiger partial charge in [-0.1, -0.05) is 13.8 Å². The molecule has 0 aromatic rings. The van der Waals surface area contributed by atoms with E-state index in [9.17, 15) is 4.79 Å². The summed E-state index contributed by atoms with van der Waals surface area (Å²) < 4.78 is 5.44. The minimum Gasteiger partial charge on any atom is -0.394 e. The smallest absolute Gasteiger partial charge is 0.222 e. The SMILES string of the molecule is CC1COC(CO)CN1C(=O)CCC(C)(C)CCN. The third kappa shape index (κ3) is 5.09. The van der Waals surface area contributed by atoms with Crippen LogP contribution >= 0.6 is 0 Å². The highest BCUT2D eigenvalue weighted by Crippen LogP contribution is 2.27. The van der Waals surface area contributed by atoms with Gasteiger partial charge in [-0.25, -0.2) is 0 Å². The molecule has 5 heteroatoms. The Balaban J connectivity index is 2.47. The van der Waals surface area contributed by atoms with Crippen molar-refractivity contribution in [1.82, 2.24) is 4.90 Å². The monoisotopic (exact) mass is 272 g/mol. The molecule has 1 fully saturated rings. The summed E-state index contributed by atoms with van der Waals surface area (Å²) in [5, 5.41) is 9.13. The Morgan fingerprint density at radius 1 is 1.47 bits per heavy atom. The highest BCUT2D eigenvalue weighted by atomic mass is 16.5. The molecule has 0 saturated carbocycles. The highest BCUT2D eigenvalue weighted by Gasteiger charge is 2.30. The molecule has 1 heterocycles. The lowest BCUT2D eigenvalue weighted by molar-refractivity contribution is -0.146. The van der Waals surface area contributed by atoms with Crippen molar-refractivity contribution in [2.24, 2.45) is 11.1 Å². The first-order valence-corrected chi connectivity index (χ1v) is 7.11. The van der Waals surface area contributed by atoms with E-state index < -0.39 is 0 Å². The summed E-state index contributed by atoms with van der Waals surface area (Å²) in [6.07, 6.45) is 2.07. The Morgan fingerprint density at radius 3 is 2.74 bits per heavy atom. The predicted octanol–water partition coefficient (Wildman–Crippen LogP) is 0.750. The van der Waals surface area contributed by atoms with Gasteiger partial charge in [-0.05, 0) is 31.7 Å². The fraction of sp³-hybridized carbons (Fsp3) is 0.929. The maximum atomic E-state index is 12.3. The number of ether oxygens (including phenoxy) is 1. The van der Waals surface area contributed by atoms with E-state index in [1.807, 2.05) is 11.8 Å². The summed E-state index contributed by atoms with van der Waals surface area (Å²) >= 11 is 0. The van der Waals surface area contributed by atoms with Crippen LogP contribution in [0.2, 0.25) is 0 Å². The van der Waals surface area contributed by atoms with Crippen molar-refractivity contribution in [2.45, 2.75) is 52.2 Å². The summed E-state index contributed by atoms with van der Waals surface area (Å²) in [5.74, 6) is 0.152. The van der Waals surface area contributed by atoms with E-state index in [0.717, 1.165) is 12.8 Å². The van der Waals surface area contributed by atoms with Crippen molar-refractivity contribution >= 4 is 5.91 Å². The molecule has 2 atom stereocenters. The van der Waals surface area contributed by atoms with Crippen LogP contribution in [0.15, 0.2) is 0 Å². The van der Waals surface area contributed by atoms with Crippen LogP contribution in [0.3, 0.4) is 0 Å². The molecule has 1 rings (SSSR count). The normalized spacial score (nSPS) is 24.6. The van der Waals surface area contributed by atoms with Crippen molar-refractivity contribution in [2.75, 3.05) is 26.3 Å². The minimum atomic E-state index is -0.239. The van der Waals surface area contributed by atoms with E-state index in [2.05, 4.69) is 13.8 Å². The molecule has 2 unspecified atom stereocenters. The van der Waals surface area contributed by atoms with Crippen LogP contribution in [-0.4, -0.2) is 54.4 Å². The van der Waals surface area contributed by atoms with Gasteiger partial charge < -0.3 is 20.5 Å². The van der Waals surface area contributed by atoms with Gasteiger partial charge in [0.25, 0.3) is 0 Å². The second-order valence-electron chi connectivity index (χ2n) is 6.24. The molecule has 112 valence electrons. The Bertz CT molecular complexity index is 294. The lowest BCUT2D eigenvalue weighted by Gasteiger charge is -2.38. The Morgan fingerprint density at radius 2 is 2.16 bits per heavy atom. The van der Waals surface area contributed by atoms with Gasteiger partial charge in [0.15, 0.2) is 0 Å². The standard InChI is InChI=1S/C14H28N2O3/c1-11-10-19-12(9-17)8-16(11)13(18)4-5-14(2,3)6-7-15/h11-12,17H,4-10,15H2,1-3H3. The Kier molecular flexibility index (Phi) is 6.23. The molecule has 1 aliphatic rings. The zero-order chi connectivity index (χ0) is 14.5. The average Bonchev–Trinajstić information content (AvgIpc) is 2.36. The first kappa shape index (κ1) is 16.4. The van der Waals surface area contributed by atoms with Crippen molar-refractivity contribution in [1.29, 1.82) is 0 Å². The number of nitrogens with two attached hydrogens (primary N) is 1. The number of amides is 1. The van der Waals surface area contributed by atoms with Gasteiger partial charge in [-0.2, -0.15) is 0 Å². The summed E-state index contributed by atoms with van der Waals surface area (Å²) in [6.45, 7) is 7.89. The zero-order valence-electron chi connectivity index (χ0n) is 12.4. The molecule has 0 bridgehead atoms. The van der Waals surface area contributed by atoms with Gasteiger partial charge in [-0.3, -0.25) is 4.79 Å². The summed E-state index contributed by atoms with van der Waals surface area (Å²) in [5.41, 5.74) is 5.69. The molecule has 0 aromatic heterocycles. The largest absolute Gasteiger partial charge is 0.394 e. The van der Waals surface area contributed by atoms with E-state index in [4.69, 9.17) is 15.6 Å². The second kappa shape index (κ2) is 7.22. The number of carbonyl (C=O) groups excluding carboxylic acids is 1. The molecule has 5 nitrogen and oxygen atoms in total. The maximum Gasteiger partial charge on any atom is 0.222 e. The van der Waals surface area contributed by atoms with Crippen LogP contribution in [0.5, 0.6) is 0 Å². The van der Waals surface area contributed by atoms with Gasteiger partial charge in [0.05, 0.1) is 25.4 Å². The maximum absolute atomic E-state index is 12.3. The Labute approximate surface area is 116 Å². The van der Waals surface area contributed by atoms with E-state index in [1.54, 1.807) is 0 Å². The first-order chi connectivity index (χ1) is 8.89. The molecular weight excluding hydrogens is 244 g/mol. The number of hydrogen-bond donors (Lipinski definition) is 2. The lowest BCUT2D eigenvalue weighted by Crippen LogP contribution is -2.52. The van der Waals surface area contributed by atoms with Crippen molar-refractivity contribution in [3.05, 3.63) is 0 Å². The summed E-state index contributed by atoms with van der Waals surface area (Å²) in [6, 6.07) is 0.0907. The van der Waals surface area contributed by atoms with Crippen LogP contribution in [-0.2, 0) is 9.53 Å². The number of rotatable bonds is 6. The quantitative estimate of drug-likeness (QED) is 0.748. The summed E-state index contributed by atoms with van der Waals surface area (Å²) in [7, 11) is 0. The van der Waals surface area contributed by atoms with E-state index in [1.165, 1.54) is 0 Å². The number of aliphatic hydroxyl groups excluding tert-OH is 1. The minimum absolute atomic E-state index is 0.0326. The number of aliphatic hydroxyl groups is 1. The van der Waals surface area contributed by atoms with Crippen LogP contribution < -0.4 is 5.73 Å². The first-order valence-electron chi connectivity index (χ1n) is 7.11. The fourth-order valence-corrected chi connectivity index (χ4v) is 2.38. The third-order valence-electron chi connectivity index (χ3n) is 3.87. The molecule has 0 aliphatic carbocycles. The van der Waals surface area contributed by atoms with Crippen molar-refractivity contribution in [3.8, 4) is 0 Å². The van der Waals surface area contributed by atoms with E-state index >= 15 is 0 Å². The van der Waals surface area contributed by atoms with Gasteiger partial charge in [-0.15, -0.1) is 0 Å². The van der Waals surface area contributed by atoms with E-state index in [0.29, 0.717) is 26.1 Å². The third-order valence-corrected chi connectivity index (χ3v) is 3.87. The van der Waals surface area contributed by atoms with Gasteiger partial charge >= 0.3 is 0 Å². The van der Waals surface area contributed by atoms with E-state index in [-0.39, 0.29) is 30.1 Å². The highest BCUT2D eigenvalue weighted by molar-refractivity contribution is 5.76. The van der Waals surface area contributed by atoms with Crippen LogP contribution in [0.1, 0.15) is 40.0 Å². The number of carbonyl (C=O) groups is 1. The number of morpholine rings is 1. The number of nitrogens with zero attached hydrogens (tertiary/aromatic N) is 1. The van der Waals surface area contributed by atoms with Crippen molar-refractivity contribution in [3.63, 3.8) is 0 Å². The van der Waals surface area contributed by atoms with Gasteiger partial charge in [0, 0.05) is 13.0 Å². The van der Waals surface area contributed by atoms with Crippen LogP contribution in [0, 0.1) is 5.41 Å². The second-order valence-corrected chi connectivity index (χ2v) is 6.24. The fourth-order valence-electron chi connectivity index (χ4n) is 2.38. The molecule has 1 aliphatic heterocycles. The predicted molar refractivity (Wildman–Crippen MR) is 74.7 cm³/mol. The number of hydrogen-bond acceptors (Lipinski definition) is 4. The molecule has 0 spiro atoms. The van der Waals surface area contributed by atoms with Crippen molar-refractivity contribution < 1.29 is 14.6 Å². The Hall–Kier alpha value is -0.650. The molecule has 1 saturated heterocycles. The molecule has 19 heavy (non-hydrogen) atoms. The van der Waals surface area contributed by atoms with Gasteiger partial charge in [0.2, 0.25) is 5.91 Å². The molecular formula is C14H28N2O3. The topological polar surface area (TPSA) is 75.8 Å². The molecule has 0 aromatic carbocycles. The zero-order valence-corrected chi connectivity index (χ0v) is 12.4. The van der Waals surface area contributed by atoms with Crippen LogP contribution in [0.4, 0.5) is 0 Å².